The molecule has 7 heteroatoms. The van der Waals surface area contributed by atoms with Gasteiger partial charge in [-0.1, -0.05) is 18.2 Å². The molecule has 7 nitrogen and oxygen atoms in total. The molecule has 35 heavy (non-hydrogen) atoms. The van der Waals surface area contributed by atoms with Crippen LogP contribution in [0.5, 0.6) is 11.5 Å². The van der Waals surface area contributed by atoms with Crippen molar-refractivity contribution in [3.63, 3.8) is 0 Å². The van der Waals surface area contributed by atoms with Gasteiger partial charge in [0.15, 0.2) is 11.5 Å². The molecule has 0 bridgehead atoms. The Balaban J connectivity index is 1.49. The average molecular weight is 469 g/mol. The number of aromatic nitrogens is 3. The maximum Gasteiger partial charge on any atom is 0.258 e. The van der Waals surface area contributed by atoms with Crippen LogP contribution in [0.3, 0.4) is 0 Å². The summed E-state index contributed by atoms with van der Waals surface area (Å²) in [6.07, 6.45) is 6.03. The van der Waals surface area contributed by atoms with Crippen LogP contribution in [0, 0.1) is 0 Å². The fourth-order valence-corrected chi connectivity index (χ4v) is 4.40. The Labute approximate surface area is 204 Å². The number of fused-ring (bicyclic) bond motifs is 1. The standard InChI is InChI=1S/C28H28N4O3/c1-3-34-25-15-20-12-14-31(18-22(20)16-26(25)35-4-2)28(33)24-19-32(23-10-6-5-7-11-23)30-27(24)21-9-8-13-29-17-21/h5-11,13,15-17,19H,3-4,12,14,18H2,1-2H3. The lowest BCUT2D eigenvalue weighted by molar-refractivity contribution is 0.0735. The molecule has 0 saturated heterocycles. The summed E-state index contributed by atoms with van der Waals surface area (Å²) in [5.74, 6) is 1.43. The highest BCUT2D eigenvalue weighted by Crippen LogP contribution is 2.35. The van der Waals surface area contributed by atoms with Crippen molar-refractivity contribution in [2.75, 3.05) is 19.8 Å². The summed E-state index contributed by atoms with van der Waals surface area (Å²) in [6.45, 7) is 6.17. The second-order valence-electron chi connectivity index (χ2n) is 8.32. The normalized spacial score (nSPS) is 12.8. The van der Waals surface area contributed by atoms with E-state index in [0.717, 1.165) is 34.7 Å². The van der Waals surface area contributed by atoms with Gasteiger partial charge in [0.05, 0.1) is 24.5 Å². The number of carbonyl (C=O) groups excluding carboxylic acids is 1. The van der Waals surface area contributed by atoms with E-state index in [2.05, 4.69) is 11.1 Å². The molecular weight excluding hydrogens is 440 g/mol. The SMILES string of the molecule is CCOc1cc2c(cc1OCC)CN(C(=O)c1cn(-c3ccccc3)nc1-c1cccnc1)CC2. The summed E-state index contributed by atoms with van der Waals surface area (Å²) >= 11 is 0. The number of amides is 1. The lowest BCUT2D eigenvalue weighted by Crippen LogP contribution is -2.36. The number of hydrogen-bond donors (Lipinski definition) is 0. The number of nitrogens with zero attached hydrogens (tertiary/aromatic N) is 4. The van der Waals surface area contributed by atoms with Crippen molar-refractivity contribution in [3.8, 4) is 28.4 Å². The van der Waals surface area contributed by atoms with E-state index in [1.165, 1.54) is 5.56 Å². The maximum atomic E-state index is 13.8. The first kappa shape index (κ1) is 22.7. The third kappa shape index (κ3) is 4.62. The number of rotatable bonds is 7. The fourth-order valence-electron chi connectivity index (χ4n) is 4.40. The number of ether oxygens (including phenoxy) is 2. The van der Waals surface area contributed by atoms with Crippen LogP contribution in [0.4, 0.5) is 0 Å². The van der Waals surface area contributed by atoms with Crippen LogP contribution in [0.25, 0.3) is 16.9 Å². The van der Waals surface area contributed by atoms with E-state index in [1.807, 2.05) is 73.5 Å². The number of hydrogen-bond acceptors (Lipinski definition) is 5. The van der Waals surface area contributed by atoms with Crippen LogP contribution < -0.4 is 9.47 Å². The molecule has 0 saturated carbocycles. The number of benzene rings is 2. The Bertz CT molecular complexity index is 1320. The maximum absolute atomic E-state index is 13.8. The van der Waals surface area contributed by atoms with Crippen molar-refractivity contribution in [2.24, 2.45) is 0 Å². The number of para-hydroxylation sites is 1. The molecule has 0 aliphatic carbocycles. The Morgan fingerprint density at radius 2 is 1.71 bits per heavy atom. The zero-order chi connectivity index (χ0) is 24.2. The zero-order valence-electron chi connectivity index (χ0n) is 20.0. The Morgan fingerprint density at radius 1 is 0.971 bits per heavy atom. The molecule has 0 N–H and O–H groups in total. The Kier molecular flexibility index (Phi) is 6.48. The van der Waals surface area contributed by atoms with Crippen LogP contribution >= 0.6 is 0 Å². The summed E-state index contributed by atoms with van der Waals surface area (Å²) in [5, 5.41) is 4.77. The fraction of sp³-hybridized carbons (Fsp3) is 0.250. The number of pyridine rings is 1. The molecule has 0 fully saturated rings. The van der Waals surface area contributed by atoms with Gasteiger partial charge in [-0.05, 0) is 67.8 Å². The first-order valence-electron chi connectivity index (χ1n) is 11.9. The summed E-state index contributed by atoms with van der Waals surface area (Å²) in [6, 6.07) is 17.7. The van der Waals surface area contributed by atoms with Crippen LogP contribution in [-0.2, 0) is 13.0 Å². The van der Waals surface area contributed by atoms with Gasteiger partial charge in [0.1, 0.15) is 5.69 Å². The third-order valence-corrected chi connectivity index (χ3v) is 6.07. The zero-order valence-corrected chi connectivity index (χ0v) is 20.0. The minimum Gasteiger partial charge on any atom is -0.490 e. The van der Waals surface area contributed by atoms with Crippen LogP contribution in [-0.4, -0.2) is 45.3 Å². The van der Waals surface area contributed by atoms with Crippen molar-refractivity contribution in [1.82, 2.24) is 19.7 Å². The van der Waals surface area contributed by atoms with Crippen molar-refractivity contribution < 1.29 is 14.3 Å². The molecule has 1 amide bonds. The second-order valence-corrected chi connectivity index (χ2v) is 8.32. The van der Waals surface area contributed by atoms with Gasteiger partial charge in [-0.15, -0.1) is 0 Å². The molecule has 0 unspecified atom stereocenters. The lowest BCUT2D eigenvalue weighted by Gasteiger charge is -2.30. The predicted molar refractivity (Wildman–Crippen MR) is 134 cm³/mol. The first-order chi connectivity index (χ1) is 17.2. The van der Waals surface area contributed by atoms with Gasteiger partial charge in [0.2, 0.25) is 0 Å². The van der Waals surface area contributed by atoms with E-state index in [1.54, 1.807) is 17.1 Å². The largest absolute Gasteiger partial charge is 0.490 e. The van der Waals surface area contributed by atoms with Gasteiger partial charge in [-0.3, -0.25) is 9.78 Å². The van der Waals surface area contributed by atoms with Crippen molar-refractivity contribution in [2.45, 2.75) is 26.8 Å². The Hall–Kier alpha value is -4.13. The van der Waals surface area contributed by atoms with Gasteiger partial charge in [0, 0.05) is 37.2 Å². The van der Waals surface area contributed by atoms with Gasteiger partial charge in [-0.2, -0.15) is 5.10 Å². The third-order valence-electron chi connectivity index (χ3n) is 6.07. The molecular formula is C28H28N4O3. The smallest absolute Gasteiger partial charge is 0.258 e. The van der Waals surface area contributed by atoms with Gasteiger partial charge in [-0.25, -0.2) is 4.68 Å². The van der Waals surface area contributed by atoms with E-state index in [4.69, 9.17) is 14.6 Å². The number of carbonyl (C=O) groups is 1. The molecule has 1 aliphatic heterocycles. The molecule has 2 aromatic carbocycles. The van der Waals surface area contributed by atoms with E-state index in [0.29, 0.717) is 37.6 Å². The predicted octanol–water partition coefficient (Wildman–Crippen LogP) is 4.93. The van der Waals surface area contributed by atoms with E-state index in [-0.39, 0.29) is 5.91 Å². The molecule has 0 radical (unpaired) electrons. The monoisotopic (exact) mass is 468 g/mol. The minimum atomic E-state index is -0.0523. The quantitative estimate of drug-likeness (QED) is 0.385. The molecule has 2 aromatic heterocycles. The molecule has 0 atom stereocenters. The van der Waals surface area contributed by atoms with Gasteiger partial charge >= 0.3 is 0 Å². The molecule has 178 valence electrons. The highest BCUT2D eigenvalue weighted by atomic mass is 16.5. The van der Waals surface area contributed by atoms with Gasteiger partial charge in [0.25, 0.3) is 5.91 Å². The molecule has 3 heterocycles. The van der Waals surface area contributed by atoms with E-state index >= 15 is 0 Å². The van der Waals surface area contributed by atoms with Crippen molar-refractivity contribution in [3.05, 3.63) is 89.9 Å². The highest BCUT2D eigenvalue weighted by Gasteiger charge is 2.27. The van der Waals surface area contributed by atoms with E-state index < -0.39 is 0 Å². The highest BCUT2D eigenvalue weighted by molar-refractivity contribution is 6.00. The van der Waals surface area contributed by atoms with Crippen LogP contribution in [0.2, 0.25) is 0 Å². The van der Waals surface area contributed by atoms with Gasteiger partial charge < -0.3 is 14.4 Å². The molecule has 4 aromatic rings. The Morgan fingerprint density at radius 3 is 2.40 bits per heavy atom. The van der Waals surface area contributed by atoms with Crippen LogP contribution in [0.1, 0.15) is 35.3 Å². The second kappa shape index (κ2) is 10.0. The average Bonchev–Trinajstić information content (AvgIpc) is 3.35. The van der Waals surface area contributed by atoms with Crippen LogP contribution in [0.15, 0.2) is 73.2 Å². The molecule has 5 rings (SSSR count). The summed E-state index contributed by atoms with van der Waals surface area (Å²) in [5.41, 5.74) is 5.15. The molecule has 1 aliphatic rings. The molecule has 0 spiro atoms. The summed E-state index contributed by atoms with van der Waals surface area (Å²) < 4.78 is 13.4. The minimum absolute atomic E-state index is 0.0523. The topological polar surface area (TPSA) is 69.5 Å². The lowest BCUT2D eigenvalue weighted by atomic mass is 9.98. The van der Waals surface area contributed by atoms with Crippen molar-refractivity contribution >= 4 is 5.91 Å². The van der Waals surface area contributed by atoms with E-state index in [9.17, 15) is 4.79 Å². The summed E-state index contributed by atoms with van der Waals surface area (Å²) in [4.78, 5) is 19.9. The van der Waals surface area contributed by atoms with Crippen molar-refractivity contribution in [1.29, 1.82) is 0 Å². The first-order valence-corrected chi connectivity index (χ1v) is 11.9. The summed E-state index contributed by atoms with van der Waals surface area (Å²) in [7, 11) is 0.